The van der Waals surface area contributed by atoms with Crippen LogP contribution in [-0.2, 0) is 6.42 Å². The van der Waals surface area contributed by atoms with Gasteiger partial charge < -0.3 is 0 Å². The summed E-state index contributed by atoms with van der Waals surface area (Å²) >= 11 is 18.4. The first kappa shape index (κ1) is 12.9. The molecule has 0 saturated heterocycles. The van der Waals surface area contributed by atoms with E-state index in [1.165, 1.54) is 0 Å². The third kappa shape index (κ3) is 2.67. The van der Waals surface area contributed by atoms with Gasteiger partial charge in [0.25, 0.3) is 0 Å². The van der Waals surface area contributed by atoms with Crippen LogP contribution in [0.3, 0.4) is 0 Å². The van der Waals surface area contributed by atoms with Crippen molar-refractivity contribution in [2.24, 2.45) is 5.92 Å². The van der Waals surface area contributed by atoms with Crippen molar-refractivity contribution < 1.29 is 0 Å². The number of benzene rings is 1. The summed E-state index contributed by atoms with van der Waals surface area (Å²) in [5.74, 6) is 0.522. The van der Waals surface area contributed by atoms with Crippen molar-refractivity contribution in [3.05, 3.63) is 39.0 Å². The molecule has 17 heavy (non-hydrogen) atoms. The maximum atomic E-state index is 6.23. The molecule has 0 aliphatic rings. The van der Waals surface area contributed by atoms with Crippen LogP contribution >= 0.6 is 34.8 Å². The fourth-order valence-electron chi connectivity index (χ4n) is 1.76. The molecule has 0 bridgehead atoms. The third-order valence-corrected chi connectivity index (χ3v) is 3.60. The van der Waals surface area contributed by atoms with E-state index in [1.807, 2.05) is 12.1 Å². The molecule has 0 atom stereocenters. The summed E-state index contributed by atoms with van der Waals surface area (Å²) in [6.45, 7) is 4.28. The van der Waals surface area contributed by atoms with Crippen molar-refractivity contribution in [3.8, 4) is 0 Å². The SMILES string of the molecule is CC(C)Cc1cc(Cl)c2ccc(Cl)c(Cl)c2n1. The Morgan fingerprint density at radius 3 is 2.47 bits per heavy atom. The fraction of sp³-hybridized carbons (Fsp3) is 0.308. The first-order chi connectivity index (χ1) is 7.99. The zero-order chi connectivity index (χ0) is 12.6. The van der Waals surface area contributed by atoms with Gasteiger partial charge in [0.05, 0.1) is 20.6 Å². The molecule has 0 aliphatic heterocycles. The predicted molar refractivity (Wildman–Crippen MR) is 75.3 cm³/mol. The summed E-state index contributed by atoms with van der Waals surface area (Å²) in [7, 11) is 0. The Kier molecular flexibility index (Phi) is 3.82. The molecule has 0 saturated carbocycles. The molecule has 90 valence electrons. The third-order valence-electron chi connectivity index (χ3n) is 2.49. The fourth-order valence-corrected chi connectivity index (χ4v) is 2.40. The molecule has 0 unspecified atom stereocenters. The van der Waals surface area contributed by atoms with E-state index in [1.54, 1.807) is 6.07 Å². The largest absolute Gasteiger partial charge is 0.251 e. The van der Waals surface area contributed by atoms with Crippen LogP contribution in [0.1, 0.15) is 19.5 Å². The van der Waals surface area contributed by atoms with Gasteiger partial charge in [0.15, 0.2) is 0 Å². The van der Waals surface area contributed by atoms with Crippen LogP contribution in [0.25, 0.3) is 10.9 Å². The van der Waals surface area contributed by atoms with Crippen molar-refractivity contribution >= 4 is 45.7 Å². The lowest BCUT2D eigenvalue weighted by Gasteiger charge is -2.09. The van der Waals surface area contributed by atoms with E-state index in [9.17, 15) is 0 Å². The van der Waals surface area contributed by atoms with Gasteiger partial charge in [0.1, 0.15) is 0 Å². The summed E-state index contributed by atoms with van der Waals surface area (Å²) in [5.41, 5.74) is 1.63. The number of fused-ring (bicyclic) bond motifs is 1. The molecule has 4 heteroatoms. The van der Waals surface area contributed by atoms with Crippen LogP contribution in [0.5, 0.6) is 0 Å². The van der Waals surface area contributed by atoms with Gasteiger partial charge in [-0.25, -0.2) is 0 Å². The summed E-state index contributed by atoms with van der Waals surface area (Å²) in [5, 5.41) is 2.49. The number of hydrogen-bond donors (Lipinski definition) is 0. The molecular weight excluding hydrogens is 277 g/mol. The highest BCUT2D eigenvalue weighted by Gasteiger charge is 2.10. The molecule has 1 nitrogen and oxygen atoms in total. The number of halogens is 3. The molecule has 0 spiro atoms. The van der Waals surface area contributed by atoms with Gasteiger partial charge in [-0.15, -0.1) is 0 Å². The first-order valence-corrected chi connectivity index (χ1v) is 6.55. The van der Waals surface area contributed by atoms with Crippen molar-refractivity contribution in [2.75, 3.05) is 0 Å². The monoisotopic (exact) mass is 287 g/mol. The normalized spacial score (nSPS) is 11.4. The number of rotatable bonds is 2. The topological polar surface area (TPSA) is 12.9 Å². The molecule has 0 amide bonds. The molecule has 0 N–H and O–H groups in total. The van der Waals surface area contributed by atoms with Gasteiger partial charge >= 0.3 is 0 Å². The summed E-state index contributed by atoms with van der Waals surface area (Å²) in [6, 6.07) is 5.48. The lowest BCUT2D eigenvalue weighted by molar-refractivity contribution is 0.637. The minimum absolute atomic E-state index is 0.469. The van der Waals surface area contributed by atoms with Gasteiger partial charge in [-0.2, -0.15) is 0 Å². The van der Waals surface area contributed by atoms with E-state index >= 15 is 0 Å². The zero-order valence-corrected chi connectivity index (χ0v) is 11.9. The highest BCUT2D eigenvalue weighted by molar-refractivity contribution is 6.46. The van der Waals surface area contributed by atoms with Crippen molar-refractivity contribution in [3.63, 3.8) is 0 Å². The highest BCUT2D eigenvalue weighted by Crippen LogP contribution is 2.33. The maximum absolute atomic E-state index is 6.23. The van der Waals surface area contributed by atoms with Gasteiger partial charge in [0.2, 0.25) is 0 Å². The molecular formula is C13H12Cl3N. The van der Waals surface area contributed by atoms with Crippen LogP contribution in [0.4, 0.5) is 0 Å². The van der Waals surface area contributed by atoms with E-state index in [0.717, 1.165) is 17.5 Å². The number of hydrogen-bond acceptors (Lipinski definition) is 1. The average Bonchev–Trinajstić information content (AvgIpc) is 2.23. The highest BCUT2D eigenvalue weighted by atomic mass is 35.5. The standard InChI is InChI=1S/C13H12Cl3N/c1-7(2)5-8-6-11(15)9-3-4-10(14)12(16)13(9)17-8/h3-4,6-7H,5H2,1-2H3. The maximum Gasteiger partial charge on any atom is 0.0921 e. The quantitative estimate of drug-likeness (QED) is 0.721. The molecule has 0 fully saturated rings. The second-order valence-electron chi connectivity index (χ2n) is 4.45. The second kappa shape index (κ2) is 5.01. The average molecular weight is 289 g/mol. The number of pyridine rings is 1. The minimum atomic E-state index is 0.469. The lowest BCUT2D eigenvalue weighted by Crippen LogP contribution is -1.98. The Bertz CT molecular complexity index is 564. The van der Waals surface area contributed by atoms with Crippen LogP contribution in [0, 0.1) is 5.92 Å². The Labute approximate surface area is 116 Å². The molecule has 1 aromatic carbocycles. The molecule has 1 aromatic heterocycles. The Balaban J connectivity index is 2.66. The number of aromatic nitrogens is 1. The van der Waals surface area contributed by atoms with Gasteiger partial charge in [-0.05, 0) is 30.5 Å². The molecule has 1 heterocycles. The molecule has 2 aromatic rings. The summed E-state index contributed by atoms with van der Waals surface area (Å²) in [4.78, 5) is 4.54. The smallest absolute Gasteiger partial charge is 0.0921 e. The van der Waals surface area contributed by atoms with E-state index in [2.05, 4.69) is 18.8 Å². The van der Waals surface area contributed by atoms with Gasteiger partial charge in [-0.1, -0.05) is 48.7 Å². The summed E-state index contributed by atoms with van der Waals surface area (Å²) < 4.78 is 0. The molecule has 2 rings (SSSR count). The van der Waals surface area contributed by atoms with Crippen LogP contribution < -0.4 is 0 Å². The Hall–Kier alpha value is -0.500. The van der Waals surface area contributed by atoms with E-state index in [-0.39, 0.29) is 0 Å². The first-order valence-electron chi connectivity index (χ1n) is 5.42. The van der Waals surface area contributed by atoms with E-state index in [0.29, 0.717) is 26.5 Å². The van der Waals surface area contributed by atoms with Crippen LogP contribution in [0.2, 0.25) is 15.1 Å². The van der Waals surface area contributed by atoms with Crippen LogP contribution in [-0.4, -0.2) is 4.98 Å². The van der Waals surface area contributed by atoms with Crippen molar-refractivity contribution in [1.82, 2.24) is 4.98 Å². The van der Waals surface area contributed by atoms with Crippen molar-refractivity contribution in [2.45, 2.75) is 20.3 Å². The minimum Gasteiger partial charge on any atom is -0.251 e. The van der Waals surface area contributed by atoms with Gasteiger partial charge in [0, 0.05) is 11.1 Å². The second-order valence-corrected chi connectivity index (χ2v) is 5.64. The number of nitrogens with zero attached hydrogens (tertiary/aromatic N) is 1. The zero-order valence-electron chi connectivity index (χ0n) is 9.60. The Morgan fingerprint density at radius 1 is 1.12 bits per heavy atom. The van der Waals surface area contributed by atoms with Gasteiger partial charge in [-0.3, -0.25) is 4.98 Å². The lowest BCUT2D eigenvalue weighted by atomic mass is 10.1. The van der Waals surface area contributed by atoms with E-state index < -0.39 is 0 Å². The van der Waals surface area contributed by atoms with Crippen molar-refractivity contribution in [1.29, 1.82) is 0 Å². The summed E-state index contributed by atoms with van der Waals surface area (Å²) in [6.07, 6.45) is 0.874. The molecule has 0 aliphatic carbocycles. The Morgan fingerprint density at radius 2 is 1.82 bits per heavy atom. The van der Waals surface area contributed by atoms with Crippen LogP contribution in [0.15, 0.2) is 18.2 Å². The predicted octanol–water partition coefficient (Wildman–Crippen LogP) is 5.39. The molecule has 0 radical (unpaired) electrons. The van der Waals surface area contributed by atoms with E-state index in [4.69, 9.17) is 34.8 Å².